The monoisotopic (exact) mass is 296 g/mol. The van der Waals surface area contributed by atoms with Gasteiger partial charge >= 0.3 is 11.9 Å². The maximum Gasteiger partial charge on any atom is 0.347 e. The van der Waals surface area contributed by atoms with Gasteiger partial charge in [-0.3, -0.25) is 4.79 Å². The highest BCUT2D eigenvalue weighted by Gasteiger charge is 2.56. The molecule has 120 valence electrons. The molecule has 21 heavy (non-hydrogen) atoms. The molecule has 3 atom stereocenters. The van der Waals surface area contributed by atoms with Crippen molar-refractivity contribution in [2.45, 2.75) is 54.6 Å². The number of hydrogen-bond acceptors (Lipinski definition) is 4. The van der Waals surface area contributed by atoms with Gasteiger partial charge in [0.05, 0.1) is 6.61 Å². The first-order valence-corrected chi connectivity index (χ1v) is 7.56. The van der Waals surface area contributed by atoms with Gasteiger partial charge in [-0.05, 0) is 25.2 Å². The summed E-state index contributed by atoms with van der Waals surface area (Å²) in [6, 6.07) is 0. The molecular formula is C17H28O4. The van der Waals surface area contributed by atoms with Gasteiger partial charge in [-0.2, -0.15) is 0 Å². The normalized spacial score (nSPS) is 24.2. The van der Waals surface area contributed by atoms with Crippen LogP contribution >= 0.6 is 0 Å². The quantitative estimate of drug-likeness (QED) is 0.557. The minimum absolute atomic E-state index is 0.0952. The molecule has 1 aliphatic carbocycles. The molecule has 0 aromatic rings. The lowest BCUT2D eigenvalue weighted by molar-refractivity contribution is -0.170. The van der Waals surface area contributed by atoms with Crippen LogP contribution in [0.1, 0.15) is 48.5 Å². The van der Waals surface area contributed by atoms with Crippen LogP contribution in [0.4, 0.5) is 0 Å². The predicted octanol–water partition coefficient (Wildman–Crippen LogP) is 3.36. The van der Waals surface area contributed by atoms with Crippen LogP contribution in [0.3, 0.4) is 0 Å². The zero-order chi connectivity index (χ0) is 16.4. The summed E-state index contributed by atoms with van der Waals surface area (Å²) in [5, 5.41) is 0. The SMILES string of the molecule is CC(=O)O[C@@H](C(=O)OC[C@@H]1[C@@H](C=C(C)C)C1(C)C)C(C)C. The van der Waals surface area contributed by atoms with E-state index >= 15 is 0 Å². The number of esters is 2. The second-order valence-corrected chi connectivity index (χ2v) is 7.10. The van der Waals surface area contributed by atoms with Gasteiger partial charge in [-0.15, -0.1) is 0 Å². The maximum atomic E-state index is 12.1. The van der Waals surface area contributed by atoms with Crippen molar-refractivity contribution in [1.82, 2.24) is 0 Å². The standard InChI is InChI=1S/C17H28O4/c1-10(2)8-13-14(17(13,6)7)9-20-16(19)15(11(3)4)21-12(5)18/h8,11,13-15H,9H2,1-7H3/t13-,14-,15-/m1/s1. The number of allylic oxidation sites excluding steroid dienone is 2. The van der Waals surface area contributed by atoms with Gasteiger partial charge in [0.15, 0.2) is 0 Å². The molecule has 0 bridgehead atoms. The van der Waals surface area contributed by atoms with E-state index in [4.69, 9.17) is 9.47 Å². The molecule has 1 fully saturated rings. The molecule has 0 amide bonds. The van der Waals surface area contributed by atoms with Crippen molar-refractivity contribution in [3.8, 4) is 0 Å². The number of rotatable bonds is 6. The summed E-state index contributed by atoms with van der Waals surface area (Å²) in [7, 11) is 0. The van der Waals surface area contributed by atoms with E-state index in [2.05, 4.69) is 33.8 Å². The Balaban J connectivity index is 2.57. The third-order valence-electron chi connectivity index (χ3n) is 4.19. The fourth-order valence-corrected chi connectivity index (χ4v) is 2.68. The lowest BCUT2D eigenvalue weighted by atomic mass is 10.1. The van der Waals surface area contributed by atoms with E-state index in [1.165, 1.54) is 12.5 Å². The molecule has 4 nitrogen and oxygen atoms in total. The fourth-order valence-electron chi connectivity index (χ4n) is 2.68. The van der Waals surface area contributed by atoms with Crippen molar-refractivity contribution in [3.63, 3.8) is 0 Å². The maximum absolute atomic E-state index is 12.1. The van der Waals surface area contributed by atoms with E-state index in [9.17, 15) is 9.59 Å². The van der Waals surface area contributed by atoms with E-state index in [0.717, 1.165) is 0 Å². The molecule has 0 heterocycles. The fraction of sp³-hybridized carbons (Fsp3) is 0.765. The van der Waals surface area contributed by atoms with Crippen molar-refractivity contribution in [1.29, 1.82) is 0 Å². The average Bonchev–Trinajstić information content (AvgIpc) is 2.82. The Hall–Kier alpha value is -1.32. The van der Waals surface area contributed by atoms with E-state index in [1.807, 2.05) is 13.8 Å². The second-order valence-electron chi connectivity index (χ2n) is 7.10. The first-order chi connectivity index (χ1) is 9.57. The zero-order valence-electron chi connectivity index (χ0n) is 14.2. The molecule has 0 aliphatic heterocycles. The lowest BCUT2D eigenvalue weighted by Gasteiger charge is -2.19. The number of ether oxygens (including phenoxy) is 2. The van der Waals surface area contributed by atoms with Gasteiger partial charge in [0.2, 0.25) is 6.10 Å². The summed E-state index contributed by atoms with van der Waals surface area (Å²) in [6.45, 7) is 13.9. The van der Waals surface area contributed by atoms with Crippen LogP contribution < -0.4 is 0 Å². The van der Waals surface area contributed by atoms with Crippen LogP contribution in [-0.4, -0.2) is 24.6 Å². The molecule has 0 unspecified atom stereocenters. The lowest BCUT2D eigenvalue weighted by Crippen LogP contribution is -2.33. The minimum Gasteiger partial charge on any atom is -0.463 e. The van der Waals surface area contributed by atoms with Gasteiger partial charge in [0.25, 0.3) is 0 Å². The second kappa shape index (κ2) is 6.63. The van der Waals surface area contributed by atoms with E-state index < -0.39 is 18.0 Å². The molecule has 4 heteroatoms. The van der Waals surface area contributed by atoms with Gasteiger partial charge in [-0.1, -0.05) is 39.3 Å². The molecular weight excluding hydrogens is 268 g/mol. The Kier molecular flexibility index (Phi) is 5.60. The Morgan fingerprint density at radius 3 is 2.19 bits per heavy atom. The first-order valence-electron chi connectivity index (χ1n) is 7.56. The first kappa shape index (κ1) is 17.7. The molecule has 0 saturated heterocycles. The van der Waals surface area contributed by atoms with Crippen LogP contribution in [0.15, 0.2) is 11.6 Å². The van der Waals surface area contributed by atoms with Crippen molar-refractivity contribution >= 4 is 11.9 Å². The van der Waals surface area contributed by atoms with Gasteiger partial charge < -0.3 is 9.47 Å². The van der Waals surface area contributed by atoms with Gasteiger partial charge in [-0.25, -0.2) is 4.79 Å². The molecule has 0 aromatic carbocycles. The minimum atomic E-state index is -0.814. The van der Waals surface area contributed by atoms with Gasteiger partial charge in [0.1, 0.15) is 0 Å². The number of hydrogen-bond donors (Lipinski definition) is 0. The van der Waals surface area contributed by atoms with Crippen molar-refractivity contribution < 1.29 is 19.1 Å². The summed E-state index contributed by atoms with van der Waals surface area (Å²) >= 11 is 0. The Bertz CT molecular complexity index is 430. The van der Waals surface area contributed by atoms with Crippen LogP contribution in [0.25, 0.3) is 0 Å². The Labute approximate surface area is 127 Å². The number of carbonyl (C=O) groups excluding carboxylic acids is 2. The average molecular weight is 296 g/mol. The molecule has 1 saturated carbocycles. The molecule has 0 N–H and O–H groups in total. The van der Waals surface area contributed by atoms with Crippen LogP contribution in [0.2, 0.25) is 0 Å². The molecule has 1 rings (SSSR count). The number of carbonyl (C=O) groups is 2. The van der Waals surface area contributed by atoms with Crippen molar-refractivity contribution in [3.05, 3.63) is 11.6 Å². The van der Waals surface area contributed by atoms with Crippen LogP contribution in [-0.2, 0) is 19.1 Å². The van der Waals surface area contributed by atoms with Crippen LogP contribution in [0.5, 0.6) is 0 Å². The highest BCUT2D eigenvalue weighted by Crippen LogP contribution is 2.59. The largest absolute Gasteiger partial charge is 0.463 e. The smallest absolute Gasteiger partial charge is 0.347 e. The highest BCUT2D eigenvalue weighted by atomic mass is 16.6. The Morgan fingerprint density at radius 2 is 1.76 bits per heavy atom. The summed E-state index contributed by atoms with van der Waals surface area (Å²) in [4.78, 5) is 23.1. The van der Waals surface area contributed by atoms with Crippen molar-refractivity contribution in [2.75, 3.05) is 6.61 Å². The third kappa shape index (κ3) is 4.58. The van der Waals surface area contributed by atoms with Crippen LogP contribution in [0, 0.1) is 23.2 Å². The molecule has 0 radical (unpaired) electrons. The molecule has 0 spiro atoms. The van der Waals surface area contributed by atoms with E-state index in [-0.39, 0.29) is 11.3 Å². The molecule has 1 aliphatic rings. The predicted molar refractivity (Wildman–Crippen MR) is 81.5 cm³/mol. The molecule has 0 aromatic heterocycles. The Morgan fingerprint density at radius 1 is 1.19 bits per heavy atom. The third-order valence-corrected chi connectivity index (χ3v) is 4.19. The summed E-state index contributed by atoms with van der Waals surface area (Å²) in [6.07, 6.45) is 1.43. The zero-order valence-corrected chi connectivity index (χ0v) is 14.2. The van der Waals surface area contributed by atoms with Gasteiger partial charge in [0, 0.05) is 18.8 Å². The highest BCUT2D eigenvalue weighted by molar-refractivity contribution is 5.78. The van der Waals surface area contributed by atoms with Crippen molar-refractivity contribution in [2.24, 2.45) is 23.2 Å². The summed E-state index contributed by atoms with van der Waals surface area (Å²) in [5.74, 6) is -0.219. The van der Waals surface area contributed by atoms with E-state index in [1.54, 1.807) is 0 Å². The topological polar surface area (TPSA) is 52.6 Å². The summed E-state index contributed by atoms with van der Waals surface area (Å²) < 4.78 is 10.4. The summed E-state index contributed by atoms with van der Waals surface area (Å²) in [5.41, 5.74) is 1.44. The van der Waals surface area contributed by atoms with E-state index in [0.29, 0.717) is 18.4 Å².